The fraction of sp³-hybridized carbons (Fsp3) is 0.569. The Balaban J connectivity index is 2.42. The van der Waals surface area contributed by atoms with Crippen LogP contribution in [0.1, 0.15) is 191 Å². The standard InChI is InChI=1S/C51H76Si/c1-20-21-22-35-23-24-42(25-35)52(43-29-36(46(2,3)4)26-37(30-43)47(5,6)7,44-31-38(48(8,9)10)27-39(32-44)49(11,12)13)45-33-40(50(14,15)16)28-41(34-45)51(17,18)19/h23,25-34H,20-22,24H2,1-19H3. The van der Waals surface area contributed by atoms with Gasteiger partial charge < -0.3 is 0 Å². The van der Waals surface area contributed by atoms with Crippen molar-refractivity contribution in [1.82, 2.24) is 0 Å². The van der Waals surface area contributed by atoms with E-state index in [1.54, 1.807) is 5.20 Å². The molecule has 3 aromatic rings. The average molecular weight is 717 g/mol. The van der Waals surface area contributed by atoms with Crippen molar-refractivity contribution in [3.05, 3.63) is 111 Å². The van der Waals surface area contributed by atoms with E-state index in [4.69, 9.17) is 0 Å². The van der Waals surface area contributed by atoms with Crippen LogP contribution in [0.3, 0.4) is 0 Å². The zero-order valence-corrected chi connectivity index (χ0v) is 38.2. The molecule has 0 atom stereocenters. The molecule has 0 aliphatic heterocycles. The maximum Gasteiger partial charge on any atom is 0.176 e. The van der Waals surface area contributed by atoms with Gasteiger partial charge in [0.25, 0.3) is 0 Å². The lowest BCUT2D eigenvalue weighted by atomic mass is 9.80. The number of unbranched alkanes of at least 4 members (excludes halogenated alkanes) is 1. The van der Waals surface area contributed by atoms with Crippen molar-refractivity contribution < 1.29 is 0 Å². The van der Waals surface area contributed by atoms with Gasteiger partial charge >= 0.3 is 0 Å². The van der Waals surface area contributed by atoms with Crippen molar-refractivity contribution in [2.45, 2.75) is 190 Å². The predicted octanol–water partition coefficient (Wildman–Crippen LogP) is 12.9. The van der Waals surface area contributed by atoms with Gasteiger partial charge in [0, 0.05) is 0 Å². The van der Waals surface area contributed by atoms with E-state index in [1.807, 2.05) is 0 Å². The fourth-order valence-electron chi connectivity index (χ4n) is 7.59. The lowest BCUT2D eigenvalue weighted by Gasteiger charge is -2.40. The second kappa shape index (κ2) is 14.2. The molecule has 0 heterocycles. The molecule has 0 aromatic heterocycles. The summed E-state index contributed by atoms with van der Waals surface area (Å²) in [6.45, 7) is 45.5. The molecule has 0 nitrogen and oxygen atoms in total. The molecule has 1 aliphatic carbocycles. The molecule has 1 heteroatoms. The SMILES string of the molecule is CCCCC1=CCC([Si](c2cc(C(C)(C)C)cc(C(C)(C)C)c2)(c2cc(C(C)(C)C)cc(C(C)(C)C)c2)c2cc(C(C)(C)C)cc(C(C)(C)C)c2)=C1. The first-order valence-corrected chi connectivity index (χ1v) is 22.4. The molecule has 0 unspecified atom stereocenters. The molecule has 4 rings (SSSR count). The second-order valence-corrected chi connectivity index (χ2v) is 26.3. The van der Waals surface area contributed by atoms with Crippen LogP contribution in [0.2, 0.25) is 0 Å². The molecule has 0 bridgehead atoms. The summed E-state index contributed by atoms with van der Waals surface area (Å²) in [5.41, 5.74) is 10.2. The number of hydrogen-bond donors (Lipinski definition) is 0. The lowest BCUT2D eigenvalue weighted by Crippen LogP contribution is -2.69. The van der Waals surface area contributed by atoms with Gasteiger partial charge in [-0.05, 0) is 101 Å². The van der Waals surface area contributed by atoms with Crippen molar-refractivity contribution >= 4 is 23.6 Å². The summed E-state index contributed by atoms with van der Waals surface area (Å²) >= 11 is 0. The lowest BCUT2D eigenvalue weighted by molar-refractivity contribution is 0.569. The minimum atomic E-state index is -2.92. The molecular weight excluding hydrogens is 641 g/mol. The molecule has 3 aromatic carbocycles. The van der Waals surface area contributed by atoms with E-state index in [1.165, 1.54) is 67.4 Å². The van der Waals surface area contributed by atoms with Gasteiger partial charge in [0.1, 0.15) is 0 Å². The molecule has 0 amide bonds. The van der Waals surface area contributed by atoms with Gasteiger partial charge in [-0.25, -0.2) is 0 Å². The van der Waals surface area contributed by atoms with E-state index >= 15 is 0 Å². The second-order valence-electron chi connectivity index (χ2n) is 22.4. The van der Waals surface area contributed by atoms with Crippen molar-refractivity contribution in [2.24, 2.45) is 0 Å². The van der Waals surface area contributed by atoms with E-state index in [0.717, 1.165) is 12.8 Å². The first kappa shape index (κ1) is 42.1. The van der Waals surface area contributed by atoms with Gasteiger partial charge in [0.2, 0.25) is 0 Å². The van der Waals surface area contributed by atoms with Crippen LogP contribution in [0.5, 0.6) is 0 Å². The van der Waals surface area contributed by atoms with Crippen molar-refractivity contribution in [3.63, 3.8) is 0 Å². The maximum atomic E-state index is 2.68. The monoisotopic (exact) mass is 717 g/mol. The Kier molecular flexibility index (Phi) is 11.5. The highest BCUT2D eigenvalue weighted by atomic mass is 28.3. The molecule has 52 heavy (non-hydrogen) atoms. The van der Waals surface area contributed by atoms with Crippen LogP contribution in [0, 0.1) is 0 Å². The molecule has 0 radical (unpaired) electrons. The molecule has 0 spiro atoms. The molecule has 1 aliphatic rings. The zero-order chi connectivity index (χ0) is 39.5. The predicted molar refractivity (Wildman–Crippen MR) is 236 cm³/mol. The van der Waals surface area contributed by atoms with E-state index in [0.29, 0.717) is 0 Å². The summed E-state index contributed by atoms with van der Waals surface area (Å²) in [6.07, 6.45) is 9.90. The van der Waals surface area contributed by atoms with Crippen LogP contribution >= 0.6 is 0 Å². The summed E-state index contributed by atoms with van der Waals surface area (Å²) in [5, 5.41) is 6.26. The summed E-state index contributed by atoms with van der Waals surface area (Å²) in [4.78, 5) is 0. The third kappa shape index (κ3) is 9.00. The molecular formula is C51H76Si. The summed E-state index contributed by atoms with van der Waals surface area (Å²) < 4.78 is 0. The zero-order valence-electron chi connectivity index (χ0n) is 37.2. The minimum absolute atomic E-state index is 0.0123. The van der Waals surface area contributed by atoms with Crippen molar-refractivity contribution in [2.75, 3.05) is 0 Å². The highest BCUT2D eigenvalue weighted by Gasteiger charge is 2.46. The van der Waals surface area contributed by atoms with Gasteiger partial charge in [-0.2, -0.15) is 0 Å². The Labute approximate surface area is 323 Å². The van der Waals surface area contributed by atoms with E-state index in [2.05, 4.69) is 198 Å². The topological polar surface area (TPSA) is 0 Å². The van der Waals surface area contributed by atoms with Crippen LogP contribution in [-0.4, -0.2) is 8.07 Å². The Hall–Kier alpha value is -2.64. The Morgan fingerprint density at radius 2 is 0.692 bits per heavy atom. The highest BCUT2D eigenvalue weighted by Crippen LogP contribution is 2.37. The van der Waals surface area contributed by atoms with Gasteiger partial charge in [0.05, 0.1) is 0 Å². The van der Waals surface area contributed by atoms with Gasteiger partial charge in [-0.3, -0.25) is 0 Å². The summed E-state index contributed by atoms with van der Waals surface area (Å²) in [7, 11) is -2.92. The smallest absolute Gasteiger partial charge is 0.0776 e. The molecule has 284 valence electrons. The summed E-state index contributed by atoms with van der Waals surface area (Å²) in [6, 6.07) is 23.5. The number of rotatable bonds is 7. The van der Waals surface area contributed by atoms with Crippen molar-refractivity contribution in [3.8, 4) is 0 Å². The van der Waals surface area contributed by atoms with Crippen LogP contribution in [0.15, 0.2) is 77.5 Å². The highest BCUT2D eigenvalue weighted by molar-refractivity contribution is 7.16. The average Bonchev–Trinajstić information content (AvgIpc) is 3.46. The van der Waals surface area contributed by atoms with Gasteiger partial charge in [-0.1, -0.05) is 215 Å². The summed E-state index contributed by atoms with van der Waals surface area (Å²) in [5.74, 6) is 0. The Bertz CT molecular complexity index is 1540. The number of allylic oxidation sites excluding steroid dienone is 4. The van der Waals surface area contributed by atoms with Gasteiger partial charge in [-0.15, -0.1) is 0 Å². The van der Waals surface area contributed by atoms with Gasteiger partial charge in [0.15, 0.2) is 8.07 Å². The quantitative estimate of drug-likeness (QED) is 0.169. The third-order valence-electron chi connectivity index (χ3n) is 11.5. The van der Waals surface area contributed by atoms with E-state index < -0.39 is 8.07 Å². The van der Waals surface area contributed by atoms with Crippen LogP contribution < -0.4 is 15.6 Å². The van der Waals surface area contributed by atoms with Crippen LogP contribution in [-0.2, 0) is 32.5 Å². The maximum absolute atomic E-state index is 2.92. The molecule has 0 saturated heterocycles. The largest absolute Gasteiger partial charge is 0.176 e. The van der Waals surface area contributed by atoms with E-state index in [-0.39, 0.29) is 32.5 Å². The Morgan fingerprint density at radius 1 is 0.423 bits per heavy atom. The first-order chi connectivity index (χ1) is 23.5. The van der Waals surface area contributed by atoms with E-state index in [9.17, 15) is 0 Å². The van der Waals surface area contributed by atoms with Crippen LogP contribution in [0.4, 0.5) is 0 Å². The third-order valence-corrected chi connectivity index (χ3v) is 16.3. The fourth-order valence-corrected chi connectivity index (χ4v) is 12.7. The number of hydrogen-bond acceptors (Lipinski definition) is 0. The van der Waals surface area contributed by atoms with Crippen molar-refractivity contribution in [1.29, 1.82) is 0 Å². The molecule has 0 fully saturated rings. The first-order valence-electron chi connectivity index (χ1n) is 20.4. The normalized spacial score (nSPS) is 15.2. The van der Waals surface area contributed by atoms with Crippen LogP contribution in [0.25, 0.3) is 0 Å². The Morgan fingerprint density at radius 3 is 0.923 bits per heavy atom. The molecule has 0 saturated carbocycles. The number of benzene rings is 3. The molecule has 0 N–H and O–H groups in total. The minimum Gasteiger partial charge on any atom is -0.0776 e.